The number of nitrogens with zero attached hydrogens (tertiary/aromatic N) is 1. The fourth-order valence-electron chi connectivity index (χ4n) is 0.461. The topological polar surface area (TPSA) is 62.8 Å². The Hall–Kier alpha value is -0.0700. The van der Waals surface area contributed by atoms with Crippen LogP contribution in [0, 0.1) is 5.41 Å². The van der Waals surface area contributed by atoms with Gasteiger partial charge in [0.1, 0.15) is 0 Å². The van der Waals surface area contributed by atoms with Crippen molar-refractivity contribution in [1.29, 1.82) is 5.41 Å². The molecule has 0 aliphatic carbocycles. The van der Waals surface area contributed by atoms with Gasteiger partial charge in [0.2, 0.25) is 0 Å². The van der Waals surface area contributed by atoms with E-state index in [1.54, 1.807) is 16.8 Å². The van der Waals surface area contributed by atoms with E-state index < -0.39 is 0 Å². The molecular formula is C5H8BrN3S2. The van der Waals surface area contributed by atoms with Crippen LogP contribution in [0.15, 0.2) is 10.9 Å². The van der Waals surface area contributed by atoms with E-state index in [0.717, 1.165) is 5.69 Å². The fraction of sp³-hybridized carbons (Fsp3) is 0.200. The second-order valence-electron chi connectivity index (χ2n) is 1.63. The Balaban J connectivity index is 0.000001000. The van der Waals surface area contributed by atoms with Gasteiger partial charge in [-0.3, -0.25) is 5.41 Å². The molecule has 1 aromatic heterocycles. The Morgan fingerprint density at radius 1 is 1.82 bits per heavy atom. The van der Waals surface area contributed by atoms with E-state index in [2.05, 4.69) is 4.98 Å². The zero-order chi connectivity index (χ0) is 7.40. The lowest BCUT2D eigenvalue weighted by Crippen LogP contribution is -2.03. The monoisotopic (exact) mass is 253 g/mol. The first-order valence-electron chi connectivity index (χ1n) is 2.63. The van der Waals surface area contributed by atoms with Crippen molar-refractivity contribution in [1.82, 2.24) is 4.98 Å². The van der Waals surface area contributed by atoms with Gasteiger partial charge in [-0.1, -0.05) is 11.8 Å². The first-order chi connectivity index (χ1) is 4.79. The first-order valence-corrected chi connectivity index (χ1v) is 4.56. The van der Waals surface area contributed by atoms with Crippen LogP contribution in [0.3, 0.4) is 0 Å². The SMILES string of the molecule is Br.N=C(N)SCc1cscn1. The lowest BCUT2D eigenvalue weighted by molar-refractivity contribution is 1.24. The van der Waals surface area contributed by atoms with E-state index in [0.29, 0.717) is 5.75 Å². The summed E-state index contributed by atoms with van der Waals surface area (Å²) in [7, 11) is 0. The number of hydrogen-bond acceptors (Lipinski definition) is 4. The summed E-state index contributed by atoms with van der Waals surface area (Å²) in [6, 6.07) is 0. The molecule has 1 rings (SSSR count). The quantitative estimate of drug-likeness (QED) is 0.625. The number of rotatable bonds is 2. The maximum atomic E-state index is 6.91. The van der Waals surface area contributed by atoms with Gasteiger partial charge in [0.15, 0.2) is 5.17 Å². The summed E-state index contributed by atoms with van der Waals surface area (Å²) in [6.07, 6.45) is 0. The third-order valence-corrected chi connectivity index (χ3v) is 2.25. The predicted octanol–water partition coefficient (Wildman–Crippen LogP) is 1.85. The lowest BCUT2D eigenvalue weighted by atomic mass is 10.6. The minimum Gasteiger partial charge on any atom is -0.379 e. The molecule has 0 atom stereocenters. The molecule has 0 aromatic carbocycles. The number of thiazole rings is 1. The van der Waals surface area contributed by atoms with Gasteiger partial charge in [0.05, 0.1) is 11.2 Å². The van der Waals surface area contributed by atoms with E-state index in [9.17, 15) is 0 Å². The van der Waals surface area contributed by atoms with Gasteiger partial charge >= 0.3 is 0 Å². The Kier molecular flexibility index (Phi) is 5.53. The van der Waals surface area contributed by atoms with Crippen molar-refractivity contribution in [3.8, 4) is 0 Å². The van der Waals surface area contributed by atoms with Crippen LogP contribution in [0.4, 0.5) is 0 Å². The van der Waals surface area contributed by atoms with Gasteiger partial charge in [-0.15, -0.1) is 28.3 Å². The Labute approximate surface area is 83.7 Å². The van der Waals surface area contributed by atoms with Crippen molar-refractivity contribution in [3.63, 3.8) is 0 Å². The third-order valence-electron chi connectivity index (χ3n) is 0.859. The molecule has 0 bridgehead atoms. The van der Waals surface area contributed by atoms with Crippen molar-refractivity contribution in [2.75, 3.05) is 0 Å². The summed E-state index contributed by atoms with van der Waals surface area (Å²) in [5.74, 6) is 0.707. The highest BCUT2D eigenvalue weighted by molar-refractivity contribution is 8.93. The molecule has 0 unspecified atom stereocenters. The van der Waals surface area contributed by atoms with Gasteiger partial charge in [-0.2, -0.15) is 0 Å². The zero-order valence-electron chi connectivity index (χ0n) is 5.61. The molecule has 0 aliphatic heterocycles. The van der Waals surface area contributed by atoms with Crippen LogP contribution < -0.4 is 5.73 Å². The number of thioether (sulfide) groups is 1. The van der Waals surface area contributed by atoms with Crippen LogP contribution in [0.1, 0.15) is 5.69 Å². The van der Waals surface area contributed by atoms with Gasteiger partial charge in [0.25, 0.3) is 0 Å². The first kappa shape index (κ1) is 10.9. The second-order valence-corrected chi connectivity index (χ2v) is 3.37. The molecule has 0 radical (unpaired) electrons. The number of amidine groups is 1. The van der Waals surface area contributed by atoms with E-state index in [1.165, 1.54) is 11.8 Å². The van der Waals surface area contributed by atoms with Crippen molar-refractivity contribution in [3.05, 3.63) is 16.6 Å². The van der Waals surface area contributed by atoms with Crippen LogP contribution in [-0.4, -0.2) is 10.2 Å². The molecule has 1 heterocycles. The smallest absolute Gasteiger partial charge is 0.151 e. The highest BCUT2D eigenvalue weighted by Crippen LogP contribution is 2.10. The average Bonchev–Trinajstić information content (AvgIpc) is 2.34. The number of nitrogens with one attached hydrogen (secondary N) is 1. The van der Waals surface area contributed by atoms with Gasteiger partial charge < -0.3 is 5.73 Å². The number of nitrogens with two attached hydrogens (primary N) is 1. The molecule has 0 amide bonds. The molecular weight excluding hydrogens is 246 g/mol. The van der Waals surface area contributed by atoms with E-state index >= 15 is 0 Å². The second kappa shape index (κ2) is 5.56. The standard InChI is InChI=1S/C5H7N3S2.BrH/c6-5(7)10-2-4-1-9-3-8-4;/h1,3H,2H2,(H3,6,7);1H. The zero-order valence-corrected chi connectivity index (χ0v) is 8.96. The summed E-state index contributed by atoms with van der Waals surface area (Å²) in [5, 5.41) is 9.01. The highest BCUT2D eigenvalue weighted by atomic mass is 79.9. The maximum Gasteiger partial charge on any atom is 0.151 e. The van der Waals surface area contributed by atoms with Crippen molar-refractivity contribution >= 4 is 45.2 Å². The molecule has 0 saturated heterocycles. The lowest BCUT2D eigenvalue weighted by Gasteiger charge is -1.92. The molecule has 0 spiro atoms. The van der Waals surface area contributed by atoms with Gasteiger partial charge in [0, 0.05) is 11.1 Å². The number of halogens is 1. The Morgan fingerprint density at radius 2 is 2.55 bits per heavy atom. The summed E-state index contributed by atoms with van der Waals surface area (Å²) >= 11 is 2.85. The van der Waals surface area contributed by atoms with E-state index in [1.807, 2.05) is 5.38 Å². The van der Waals surface area contributed by atoms with Crippen molar-refractivity contribution in [2.45, 2.75) is 5.75 Å². The average molecular weight is 254 g/mol. The van der Waals surface area contributed by atoms with Crippen LogP contribution in [0.2, 0.25) is 0 Å². The molecule has 0 fully saturated rings. The molecule has 6 heteroatoms. The summed E-state index contributed by atoms with van der Waals surface area (Å²) < 4.78 is 0. The molecule has 0 saturated carbocycles. The number of aromatic nitrogens is 1. The van der Waals surface area contributed by atoms with E-state index in [-0.39, 0.29) is 22.1 Å². The molecule has 11 heavy (non-hydrogen) atoms. The van der Waals surface area contributed by atoms with Gasteiger partial charge in [-0.05, 0) is 0 Å². The molecule has 1 aromatic rings. The minimum absolute atomic E-state index is 0. The highest BCUT2D eigenvalue weighted by Gasteiger charge is 1.95. The maximum absolute atomic E-state index is 6.91. The van der Waals surface area contributed by atoms with Crippen molar-refractivity contribution in [2.24, 2.45) is 5.73 Å². The molecule has 3 nitrogen and oxygen atoms in total. The predicted molar refractivity (Wildman–Crippen MR) is 55.6 cm³/mol. The Bertz CT molecular complexity index is 212. The third kappa shape index (κ3) is 4.39. The summed E-state index contributed by atoms with van der Waals surface area (Å²) in [4.78, 5) is 4.03. The van der Waals surface area contributed by atoms with Crippen molar-refractivity contribution < 1.29 is 0 Å². The minimum atomic E-state index is 0. The van der Waals surface area contributed by atoms with Gasteiger partial charge in [-0.25, -0.2) is 4.98 Å². The van der Waals surface area contributed by atoms with E-state index in [4.69, 9.17) is 11.1 Å². The normalized spacial score (nSPS) is 8.73. The Morgan fingerprint density at radius 3 is 3.00 bits per heavy atom. The number of hydrogen-bond donors (Lipinski definition) is 2. The summed E-state index contributed by atoms with van der Waals surface area (Å²) in [5.41, 5.74) is 7.90. The van der Waals surface area contributed by atoms with Crippen LogP contribution in [0.5, 0.6) is 0 Å². The largest absolute Gasteiger partial charge is 0.379 e. The van der Waals surface area contributed by atoms with Crippen LogP contribution >= 0.6 is 40.1 Å². The summed E-state index contributed by atoms with van der Waals surface area (Å²) in [6.45, 7) is 0. The molecule has 3 N–H and O–H groups in total. The molecule has 0 aliphatic rings. The fourth-order valence-corrected chi connectivity index (χ4v) is 1.59. The molecule has 62 valence electrons. The van der Waals surface area contributed by atoms with Crippen LogP contribution in [-0.2, 0) is 5.75 Å². The van der Waals surface area contributed by atoms with Crippen LogP contribution in [0.25, 0.3) is 0 Å².